The molecule has 16 heteroatoms. The molecule has 0 aliphatic carbocycles. The number of sulfone groups is 1. The van der Waals surface area contributed by atoms with E-state index in [4.69, 9.17) is 15.2 Å². The van der Waals surface area contributed by atoms with Crippen LogP contribution in [0.25, 0.3) is 0 Å². The predicted octanol–water partition coefficient (Wildman–Crippen LogP) is -5.33. The summed E-state index contributed by atoms with van der Waals surface area (Å²) >= 11 is 0. The molecule has 0 saturated carbocycles. The summed E-state index contributed by atoms with van der Waals surface area (Å²) in [5.41, 5.74) is 5.73. The highest BCUT2D eigenvalue weighted by atomic mass is 35.5. The number of nitrogens with two attached hydrogens (primary N) is 1. The summed E-state index contributed by atoms with van der Waals surface area (Å²) in [6, 6.07) is 1.78. The van der Waals surface area contributed by atoms with Crippen molar-refractivity contribution in [2.24, 2.45) is 0 Å². The van der Waals surface area contributed by atoms with Gasteiger partial charge in [0.2, 0.25) is 6.23 Å². The van der Waals surface area contributed by atoms with Gasteiger partial charge >= 0.3 is 5.97 Å². The number of aliphatic carboxylic acids is 1. The molecule has 222 valence electrons. The lowest BCUT2D eigenvalue weighted by molar-refractivity contribution is -0.986. The van der Waals surface area contributed by atoms with Gasteiger partial charge in [-0.1, -0.05) is 6.92 Å². The van der Waals surface area contributed by atoms with E-state index in [1.807, 2.05) is 0 Å². The third-order valence-corrected chi connectivity index (χ3v) is 9.32. The van der Waals surface area contributed by atoms with Crippen molar-refractivity contribution >= 4 is 27.4 Å². The van der Waals surface area contributed by atoms with Gasteiger partial charge in [0.15, 0.2) is 22.0 Å². The molecule has 1 amide bonds. The quantitative estimate of drug-likeness (QED) is 0.105. The van der Waals surface area contributed by atoms with Crippen molar-refractivity contribution in [1.82, 2.24) is 5.32 Å². The molecule has 0 bridgehead atoms. The number of likely N-dealkylation sites (N-methyl/N-ethyl adjacent to an activating group) is 1. The van der Waals surface area contributed by atoms with Crippen molar-refractivity contribution in [3.63, 3.8) is 0 Å². The Labute approximate surface area is 232 Å². The van der Waals surface area contributed by atoms with Gasteiger partial charge in [0.1, 0.15) is 36.6 Å². The van der Waals surface area contributed by atoms with Crippen LogP contribution in [0.4, 0.5) is 5.69 Å². The second kappa shape index (κ2) is 12.5. The first kappa shape index (κ1) is 33.0. The van der Waals surface area contributed by atoms with E-state index >= 15 is 0 Å². The van der Waals surface area contributed by atoms with E-state index in [-0.39, 0.29) is 70.6 Å². The number of carbonyl (C=O) groups is 2. The molecule has 8 unspecified atom stereocenters. The number of ether oxygens (including phenoxy) is 2. The number of nitrogens with zero attached hydrogens (tertiary/aromatic N) is 1. The Morgan fingerprint density at radius 1 is 1.15 bits per heavy atom. The van der Waals surface area contributed by atoms with Gasteiger partial charge in [0, 0.05) is 12.5 Å². The molecule has 1 aromatic carbocycles. The fourth-order valence-corrected chi connectivity index (χ4v) is 6.45. The molecule has 1 aromatic rings. The zero-order chi connectivity index (χ0) is 28.6. The molecule has 8 atom stereocenters. The third kappa shape index (κ3) is 6.10. The van der Waals surface area contributed by atoms with Crippen molar-refractivity contribution in [3.05, 3.63) is 17.7 Å². The van der Waals surface area contributed by atoms with Gasteiger partial charge in [-0.25, -0.2) is 13.2 Å². The van der Waals surface area contributed by atoms with Gasteiger partial charge in [-0.15, -0.1) is 0 Å². The average molecular weight is 598 g/mol. The van der Waals surface area contributed by atoms with Crippen LogP contribution in [0, 0.1) is 0 Å². The number of aliphatic hydroxyl groups is 4. The average Bonchev–Trinajstić information content (AvgIpc) is 3.21. The summed E-state index contributed by atoms with van der Waals surface area (Å²) in [7, 11) is -2.45. The second-order valence-electron chi connectivity index (χ2n) is 9.61. The van der Waals surface area contributed by atoms with E-state index in [1.165, 1.54) is 20.1 Å². The molecule has 0 spiro atoms. The van der Waals surface area contributed by atoms with Crippen molar-refractivity contribution in [2.45, 2.75) is 68.0 Å². The number of hydrogen-bond acceptors (Lipinski definition) is 11. The molecule has 3 rings (SSSR count). The third-order valence-electron chi connectivity index (χ3n) is 7.54. The van der Waals surface area contributed by atoms with Crippen LogP contribution in [-0.4, -0.2) is 126 Å². The number of aliphatic hydroxyl groups excluding tert-OH is 4. The van der Waals surface area contributed by atoms with Crippen LogP contribution in [-0.2, 0) is 19.4 Å². The largest absolute Gasteiger partial charge is 1.00 e. The Balaban J connectivity index is 0.00000533. The standard InChI is InChI=1S/C23H35N3O11S.ClH/c1-4-26(22-19(30)17(28)18(29)20(37-22)23(32)33)10-12(27)6-11(26)9-25-21(31)13-7-16(38(34,35)5-2)14(24)8-15(13)36-3;/h7-8,11-12,17-20,22,27-30H,4-6,9-10H2,1-3H3,(H3-,24,25,31,32,33);1H. The Kier molecular flexibility index (Phi) is 10.6. The molecule has 2 aliphatic rings. The number of carboxylic acid groups (broad SMARTS) is 1. The first-order valence-corrected chi connectivity index (χ1v) is 13.8. The van der Waals surface area contributed by atoms with Crippen LogP contribution in [0.15, 0.2) is 17.0 Å². The number of carbonyl (C=O) groups excluding carboxylic acids is 1. The number of carboxylic acids is 1. The van der Waals surface area contributed by atoms with Crippen molar-refractivity contribution in [3.8, 4) is 5.75 Å². The number of methoxy groups -OCH3 is 1. The van der Waals surface area contributed by atoms with E-state index in [0.717, 1.165) is 6.07 Å². The highest BCUT2D eigenvalue weighted by Crippen LogP contribution is 2.37. The summed E-state index contributed by atoms with van der Waals surface area (Å²) < 4.78 is 35.5. The summed E-state index contributed by atoms with van der Waals surface area (Å²) in [4.78, 5) is 24.6. The van der Waals surface area contributed by atoms with Gasteiger partial charge < -0.3 is 58.5 Å². The van der Waals surface area contributed by atoms with E-state index in [1.54, 1.807) is 6.92 Å². The van der Waals surface area contributed by atoms with E-state index in [2.05, 4.69) is 5.32 Å². The lowest BCUT2D eigenvalue weighted by Gasteiger charge is -2.50. The first-order valence-electron chi connectivity index (χ1n) is 12.2. The smallest absolute Gasteiger partial charge is 0.335 e. The van der Waals surface area contributed by atoms with Crippen LogP contribution in [0.5, 0.6) is 5.75 Å². The summed E-state index contributed by atoms with van der Waals surface area (Å²) in [5.74, 6) is -2.40. The molecular weight excluding hydrogens is 562 g/mol. The molecule has 2 heterocycles. The second-order valence-corrected chi connectivity index (χ2v) is 11.9. The number of nitrogens with one attached hydrogen (secondary N) is 1. The minimum atomic E-state index is -3.75. The topological polar surface area (TPSA) is 226 Å². The monoisotopic (exact) mass is 597 g/mol. The van der Waals surface area contributed by atoms with Crippen LogP contribution >= 0.6 is 0 Å². The zero-order valence-electron chi connectivity index (χ0n) is 21.7. The Morgan fingerprint density at radius 3 is 2.33 bits per heavy atom. The van der Waals surface area contributed by atoms with Crippen molar-refractivity contribution in [2.75, 3.05) is 38.2 Å². The highest BCUT2D eigenvalue weighted by Gasteiger charge is 2.59. The van der Waals surface area contributed by atoms with Crippen molar-refractivity contribution < 1.29 is 69.9 Å². The van der Waals surface area contributed by atoms with E-state index in [0.29, 0.717) is 0 Å². The maximum Gasteiger partial charge on any atom is 0.335 e. The molecule has 14 nitrogen and oxygen atoms in total. The molecule has 8 N–H and O–H groups in total. The molecular formula is C23H36ClN3O11S. The number of halogens is 1. The minimum Gasteiger partial charge on any atom is -1.00 e. The lowest BCUT2D eigenvalue weighted by atomic mass is 9.95. The zero-order valence-corrected chi connectivity index (χ0v) is 23.3. The number of anilines is 1. The van der Waals surface area contributed by atoms with Crippen LogP contribution in [0.3, 0.4) is 0 Å². The summed E-state index contributed by atoms with van der Waals surface area (Å²) in [6.07, 6.45) is -9.26. The van der Waals surface area contributed by atoms with Gasteiger partial charge in [0.25, 0.3) is 5.91 Å². The number of likely N-dealkylation sites (tertiary alicyclic amines) is 1. The maximum absolute atomic E-state index is 13.2. The van der Waals surface area contributed by atoms with E-state index < -0.39 is 64.5 Å². The number of hydrogen-bond donors (Lipinski definition) is 7. The Morgan fingerprint density at radius 2 is 1.79 bits per heavy atom. The molecule has 0 aromatic heterocycles. The summed E-state index contributed by atoms with van der Waals surface area (Å²) in [5, 5.41) is 53.9. The Hall–Kier alpha value is -2.24. The fraction of sp³-hybridized carbons (Fsp3) is 0.652. The van der Waals surface area contributed by atoms with Crippen molar-refractivity contribution in [1.29, 1.82) is 0 Å². The van der Waals surface area contributed by atoms with Crippen LogP contribution in [0.2, 0.25) is 0 Å². The molecule has 2 fully saturated rings. The number of nitrogen functional groups attached to an aromatic ring is 1. The first-order chi connectivity index (χ1) is 17.7. The number of benzene rings is 1. The van der Waals surface area contributed by atoms with Gasteiger partial charge in [0.05, 0.1) is 42.1 Å². The highest BCUT2D eigenvalue weighted by molar-refractivity contribution is 7.91. The van der Waals surface area contributed by atoms with Crippen LogP contribution < -0.4 is 28.2 Å². The fourth-order valence-electron chi connectivity index (χ4n) is 5.43. The van der Waals surface area contributed by atoms with Crippen LogP contribution in [0.1, 0.15) is 30.6 Å². The minimum absolute atomic E-state index is 0. The SMILES string of the molecule is CC[N+]1(C2OC(C(=O)O)C(O)C(O)C2O)CC(O)CC1CNC(=O)c1cc(S(=O)(=O)CC)c(N)cc1OC.[Cl-]. The predicted molar refractivity (Wildman–Crippen MR) is 132 cm³/mol. The lowest BCUT2D eigenvalue weighted by Crippen LogP contribution is -3.00. The number of quaternary nitrogens is 1. The Bertz CT molecular complexity index is 1170. The normalized spacial score (nSPS) is 32.7. The van der Waals surface area contributed by atoms with Gasteiger partial charge in [-0.3, -0.25) is 9.28 Å². The number of amides is 1. The molecule has 2 saturated heterocycles. The van der Waals surface area contributed by atoms with Gasteiger partial charge in [-0.2, -0.15) is 0 Å². The maximum atomic E-state index is 13.2. The summed E-state index contributed by atoms with van der Waals surface area (Å²) in [6.45, 7) is 3.33. The molecule has 2 aliphatic heterocycles. The molecule has 39 heavy (non-hydrogen) atoms. The number of rotatable bonds is 9. The molecule has 0 radical (unpaired) electrons. The van der Waals surface area contributed by atoms with Gasteiger partial charge in [-0.05, 0) is 13.0 Å². The van der Waals surface area contributed by atoms with E-state index in [9.17, 15) is 43.5 Å².